The zero-order valence-electron chi connectivity index (χ0n) is 12.2. The predicted molar refractivity (Wildman–Crippen MR) is 80.0 cm³/mol. The topological polar surface area (TPSA) is 102 Å². The highest BCUT2D eigenvalue weighted by Crippen LogP contribution is 2.32. The van der Waals surface area contributed by atoms with E-state index in [4.69, 9.17) is 10.00 Å². The molecule has 0 aromatic heterocycles. The van der Waals surface area contributed by atoms with Gasteiger partial charge in [0.15, 0.2) is 0 Å². The van der Waals surface area contributed by atoms with E-state index in [-0.39, 0.29) is 29.4 Å². The number of nitro groups is 1. The van der Waals surface area contributed by atoms with Crippen LogP contribution in [0.4, 0.5) is 5.69 Å². The van der Waals surface area contributed by atoms with E-state index in [9.17, 15) is 14.9 Å². The number of methoxy groups -OCH3 is 1. The van der Waals surface area contributed by atoms with Crippen LogP contribution in [0.3, 0.4) is 0 Å². The van der Waals surface area contributed by atoms with Gasteiger partial charge in [0, 0.05) is 6.07 Å². The van der Waals surface area contributed by atoms with Crippen molar-refractivity contribution in [1.29, 1.82) is 5.26 Å². The van der Waals surface area contributed by atoms with E-state index >= 15 is 0 Å². The number of nitro benzene ring substituents is 1. The van der Waals surface area contributed by atoms with Crippen molar-refractivity contribution in [1.82, 2.24) is 0 Å². The van der Waals surface area contributed by atoms with Gasteiger partial charge in [-0.2, -0.15) is 5.26 Å². The van der Waals surface area contributed by atoms with Crippen LogP contribution in [0.1, 0.15) is 11.1 Å². The number of esters is 1. The molecule has 0 saturated carbocycles. The highest BCUT2D eigenvalue weighted by atomic mass is 16.6. The van der Waals surface area contributed by atoms with Gasteiger partial charge in [-0.05, 0) is 29.8 Å². The van der Waals surface area contributed by atoms with Crippen molar-refractivity contribution in [2.24, 2.45) is 0 Å². The van der Waals surface area contributed by atoms with Crippen LogP contribution < -0.4 is 4.74 Å². The Hall–Kier alpha value is -3.40. The molecule has 0 atom stereocenters. The fourth-order valence-corrected chi connectivity index (χ4v) is 1.86. The smallest absolute Gasteiger partial charge is 0.312 e. The van der Waals surface area contributed by atoms with E-state index in [1.807, 2.05) is 6.07 Å². The summed E-state index contributed by atoms with van der Waals surface area (Å²) in [5.41, 5.74) is 0.624. The fourth-order valence-electron chi connectivity index (χ4n) is 1.86. The van der Waals surface area contributed by atoms with Crippen LogP contribution in [0.15, 0.2) is 42.5 Å². The maximum absolute atomic E-state index is 11.2. The first-order valence-corrected chi connectivity index (χ1v) is 6.55. The lowest BCUT2D eigenvalue weighted by Crippen LogP contribution is -2.04. The van der Waals surface area contributed by atoms with Crippen molar-refractivity contribution in [3.8, 4) is 17.6 Å². The summed E-state index contributed by atoms with van der Waals surface area (Å²) in [6.07, 6.45) is 0.133. The quantitative estimate of drug-likeness (QED) is 0.477. The third kappa shape index (κ3) is 4.04. The molecule has 0 amide bonds. The second-order valence-electron chi connectivity index (χ2n) is 4.55. The summed E-state index contributed by atoms with van der Waals surface area (Å²) in [5, 5.41) is 19.8. The minimum absolute atomic E-state index is 0.0368. The van der Waals surface area contributed by atoms with E-state index in [1.165, 1.54) is 19.2 Å². The molecule has 116 valence electrons. The lowest BCUT2D eigenvalue weighted by atomic mass is 10.1. The molecule has 0 N–H and O–H groups in total. The van der Waals surface area contributed by atoms with Crippen LogP contribution in [0.25, 0.3) is 0 Å². The number of hydrogen-bond acceptors (Lipinski definition) is 6. The van der Waals surface area contributed by atoms with Crippen LogP contribution in [0.5, 0.6) is 11.5 Å². The molecule has 2 rings (SSSR count). The van der Waals surface area contributed by atoms with Crippen molar-refractivity contribution >= 4 is 11.7 Å². The Morgan fingerprint density at radius 1 is 1.26 bits per heavy atom. The lowest BCUT2D eigenvalue weighted by Gasteiger charge is -2.07. The molecule has 0 saturated heterocycles. The molecule has 2 aromatic carbocycles. The second-order valence-corrected chi connectivity index (χ2v) is 4.55. The molecule has 0 aliphatic rings. The number of rotatable bonds is 5. The van der Waals surface area contributed by atoms with Gasteiger partial charge in [-0.25, -0.2) is 0 Å². The van der Waals surface area contributed by atoms with E-state index in [2.05, 4.69) is 4.74 Å². The maximum Gasteiger partial charge on any atom is 0.312 e. The summed E-state index contributed by atoms with van der Waals surface area (Å²) in [6.45, 7) is 0. The largest absolute Gasteiger partial charge is 0.469 e. The van der Waals surface area contributed by atoms with Crippen molar-refractivity contribution in [2.45, 2.75) is 6.42 Å². The van der Waals surface area contributed by atoms with Crippen molar-refractivity contribution in [3.63, 3.8) is 0 Å². The minimum Gasteiger partial charge on any atom is -0.469 e. The summed E-state index contributed by atoms with van der Waals surface area (Å²) in [7, 11) is 1.31. The molecule has 23 heavy (non-hydrogen) atoms. The molecule has 0 fully saturated rings. The first kappa shape index (κ1) is 16.0. The van der Waals surface area contributed by atoms with E-state index in [0.717, 1.165) is 11.6 Å². The summed E-state index contributed by atoms with van der Waals surface area (Å²) >= 11 is 0. The van der Waals surface area contributed by atoms with Crippen molar-refractivity contribution in [2.75, 3.05) is 7.11 Å². The van der Waals surface area contributed by atoms with Gasteiger partial charge in [-0.15, -0.1) is 0 Å². The summed E-state index contributed by atoms with van der Waals surface area (Å²) in [5.74, 6) is 0.0579. The van der Waals surface area contributed by atoms with E-state index in [1.54, 1.807) is 24.3 Å². The number of carbonyl (C=O) groups excluding carboxylic acids is 1. The number of nitrogens with zero attached hydrogens (tertiary/aromatic N) is 2. The Balaban J connectivity index is 2.21. The van der Waals surface area contributed by atoms with Gasteiger partial charge in [0.05, 0.1) is 30.1 Å². The predicted octanol–water partition coefficient (Wildman–Crippen LogP) is 2.97. The molecule has 0 aliphatic heterocycles. The SMILES string of the molecule is COC(=O)Cc1ccc(Oc2ccc(C#N)cc2[N+](=O)[O-])cc1. The Morgan fingerprint density at radius 2 is 1.96 bits per heavy atom. The Labute approximate surface area is 131 Å². The molecule has 0 spiro atoms. The maximum atomic E-state index is 11.2. The molecule has 0 unspecified atom stereocenters. The highest BCUT2D eigenvalue weighted by Gasteiger charge is 2.17. The Bertz CT molecular complexity index is 778. The normalized spacial score (nSPS) is 9.74. The molecular weight excluding hydrogens is 300 g/mol. The number of nitriles is 1. The number of ether oxygens (including phenoxy) is 2. The van der Waals surface area contributed by atoms with Gasteiger partial charge < -0.3 is 9.47 Å². The molecule has 7 nitrogen and oxygen atoms in total. The van der Waals surface area contributed by atoms with Crippen LogP contribution in [0, 0.1) is 21.4 Å². The number of hydrogen-bond donors (Lipinski definition) is 0. The molecule has 0 bridgehead atoms. The third-order valence-electron chi connectivity index (χ3n) is 3.01. The van der Waals surface area contributed by atoms with Crippen molar-refractivity contribution < 1.29 is 19.2 Å². The van der Waals surface area contributed by atoms with Gasteiger partial charge in [-0.1, -0.05) is 12.1 Å². The number of carbonyl (C=O) groups is 1. The highest BCUT2D eigenvalue weighted by molar-refractivity contribution is 5.72. The Morgan fingerprint density at radius 3 is 2.52 bits per heavy atom. The summed E-state index contributed by atoms with van der Waals surface area (Å²) in [6, 6.07) is 12.3. The first-order chi connectivity index (χ1) is 11.0. The molecule has 7 heteroatoms. The zero-order valence-corrected chi connectivity index (χ0v) is 12.2. The van der Waals surface area contributed by atoms with E-state index in [0.29, 0.717) is 5.75 Å². The van der Waals surface area contributed by atoms with Crippen molar-refractivity contribution in [3.05, 3.63) is 63.7 Å². The lowest BCUT2D eigenvalue weighted by molar-refractivity contribution is -0.385. The van der Waals surface area contributed by atoms with Gasteiger partial charge in [0.2, 0.25) is 5.75 Å². The second kappa shape index (κ2) is 7.04. The third-order valence-corrected chi connectivity index (χ3v) is 3.01. The molecule has 2 aromatic rings. The zero-order chi connectivity index (χ0) is 16.8. The average Bonchev–Trinajstić information content (AvgIpc) is 2.56. The summed E-state index contributed by atoms with van der Waals surface area (Å²) in [4.78, 5) is 21.6. The Kier molecular flexibility index (Phi) is 4.89. The summed E-state index contributed by atoms with van der Waals surface area (Å²) < 4.78 is 10.1. The van der Waals surface area contributed by atoms with Crippen LogP contribution in [0.2, 0.25) is 0 Å². The number of benzene rings is 2. The van der Waals surface area contributed by atoms with Gasteiger partial charge >= 0.3 is 11.7 Å². The average molecular weight is 312 g/mol. The minimum atomic E-state index is -0.609. The van der Waals surface area contributed by atoms with Gasteiger partial charge in [-0.3, -0.25) is 14.9 Å². The van der Waals surface area contributed by atoms with Crippen LogP contribution in [-0.4, -0.2) is 18.0 Å². The van der Waals surface area contributed by atoms with Gasteiger partial charge in [0.25, 0.3) is 0 Å². The standard InChI is InChI=1S/C16H12N2O5/c1-22-16(19)9-11-2-5-13(6-3-11)23-15-7-4-12(10-17)8-14(15)18(20)21/h2-8H,9H2,1H3. The molecule has 0 aliphatic carbocycles. The molecular formula is C16H12N2O5. The van der Waals surface area contributed by atoms with Crippen LogP contribution in [-0.2, 0) is 16.0 Å². The monoisotopic (exact) mass is 312 g/mol. The first-order valence-electron chi connectivity index (χ1n) is 6.55. The van der Waals surface area contributed by atoms with Crippen LogP contribution >= 0.6 is 0 Å². The molecule has 0 heterocycles. The molecule has 0 radical (unpaired) electrons. The van der Waals surface area contributed by atoms with Gasteiger partial charge in [0.1, 0.15) is 5.75 Å². The fraction of sp³-hybridized carbons (Fsp3) is 0.125. The van der Waals surface area contributed by atoms with E-state index < -0.39 is 4.92 Å².